The number of sulfone groups is 1. The summed E-state index contributed by atoms with van der Waals surface area (Å²) < 4.78 is 29.1. The molecule has 1 aliphatic heterocycles. The first-order chi connectivity index (χ1) is 11.9. The van der Waals surface area contributed by atoms with Gasteiger partial charge >= 0.3 is 0 Å². The van der Waals surface area contributed by atoms with Crippen molar-refractivity contribution in [3.8, 4) is 5.75 Å². The van der Waals surface area contributed by atoms with Crippen LogP contribution in [0.15, 0.2) is 18.2 Å². The molecule has 2 aliphatic rings. The highest BCUT2D eigenvalue weighted by molar-refractivity contribution is 7.91. The van der Waals surface area contributed by atoms with E-state index in [1.54, 1.807) is 6.07 Å². The number of ether oxygens (including phenoxy) is 1. The molecule has 1 heterocycles. The Morgan fingerprint density at radius 1 is 1.28 bits per heavy atom. The summed E-state index contributed by atoms with van der Waals surface area (Å²) in [6.45, 7) is 2.37. The lowest BCUT2D eigenvalue weighted by molar-refractivity contribution is -0.134. The minimum atomic E-state index is -2.98. The van der Waals surface area contributed by atoms with Gasteiger partial charge in [-0.15, -0.1) is 0 Å². The molecular weight excluding hydrogens is 362 g/mol. The van der Waals surface area contributed by atoms with Crippen LogP contribution in [-0.4, -0.2) is 49.4 Å². The van der Waals surface area contributed by atoms with Crippen LogP contribution in [0.2, 0.25) is 5.02 Å². The summed E-state index contributed by atoms with van der Waals surface area (Å²) in [7, 11) is -2.98. The molecule has 1 atom stereocenters. The molecule has 0 radical (unpaired) electrons. The van der Waals surface area contributed by atoms with Gasteiger partial charge in [0.2, 0.25) is 5.91 Å². The molecule has 5 nitrogen and oxygen atoms in total. The summed E-state index contributed by atoms with van der Waals surface area (Å²) in [4.78, 5) is 14.4. The molecule has 2 fully saturated rings. The van der Waals surface area contributed by atoms with Crippen molar-refractivity contribution in [2.45, 2.75) is 51.1 Å². The Morgan fingerprint density at radius 3 is 2.64 bits per heavy atom. The van der Waals surface area contributed by atoms with Crippen LogP contribution in [0.5, 0.6) is 5.75 Å². The van der Waals surface area contributed by atoms with Crippen LogP contribution in [0.1, 0.15) is 37.7 Å². The Labute approximate surface area is 154 Å². The lowest BCUT2D eigenvalue weighted by atomic mass is 10.2. The highest BCUT2D eigenvalue weighted by atomic mass is 35.5. The fourth-order valence-corrected chi connectivity index (χ4v) is 5.13. The van der Waals surface area contributed by atoms with Crippen molar-refractivity contribution < 1.29 is 17.9 Å². The quantitative estimate of drug-likeness (QED) is 0.677. The largest absolute Gasteiger partial charge is 0.494 e. The van der Waals surface area contributed by atoms with Crippen LogP contribution < -0.4 is 4.74 Å². The molecule has 0 N–H and O–H groups in total. The number of aryl methyl sites for hydroxylation is 1. The first kappa shape index (κ1) is 18.5. The third-order valence-electron chi connectivity index (χ3n) is 4.76. The average molecular weight is 386 g/mol. The van der Waals surface area contributed by atoms with Crippen molar-refractivity contribution in [1.29, 1.82) is 0 Å². The molecule has 0 unspecified atom stereocenters. The van der Waals surface area contributed by atoms with E-state index >= 15 is 0 Å². The van der Waals surface area contributed by atoms with Gasteiger partial charge in [-0.25, -0.2) is 8.42 Å². The number of halogens is 1. The summed E-state index contributed by atoms with van der Waals surface area (Å²) in [5.41, 5.74) is 0.956. The van der Waals surface area contributed by atoms with E-state index in [-0.39, 0.29) is 29.5 Å². The second-order valence-electron chi connectivity index (χ2n) is 6.95. The molecule has 1 saturated carbocycles. The Balaban J connectivity index is 1.48. The van der Waals surface area contributed by atoms with Gasteiger partial charge in [0.05, 0.1) is 18.1 Å². The molecule has 1 aliphatic carbocycles. The van der Waals surface area contributed by atoms with Crippen LogP contribution in [0.4, 0.5) is 0 Å². The molecule has 0 spiro atoms. The maximum atomic E-state index is 12.6. The van der Waals surface area contributed by atoms with Gasteiger partial charge in [0.25, 0.3) is 0 Å². The average Bonchev–Trinajstić information content (AvgIpc) is 3.31. The predicted molar refractivity (Wildman–Crippen MR) is 97.8 cm³/mol. The Morgan fingerprint density at radius 2 is 2.04 bits per heavy atom. The Bertz CT molecular complexity index is 745. The summed E-state index contributed by atoms with van der Waals surface area (Å²) in [6.07, 6.45) is 3.56. The highest BCUT2D eigenvalue weighted by Gasteiger charge is 2.41. The molecule has 1 aromatic carbocycles. The van der Waals surface area contributed by atoms with Gasteiger partial charge in [0.1, 0.15) is 5.75 Å². The monoisotopic (exact) mass is 385 g/mol. The van der Waals surface area contributed by atoms with Gasteiger partial charge in [-0.3, -0.25) is 4.79 Å². The van der Waals surface area contributed by atoms with Gasteiger partial charge in [-0.2, -0.15) is 0 Å². The SMILES string of the molecule is Cc1cc(OCCCC(=O)N(C2CC2)[C@@H]2CCS(=O)(=O)C2)ccc1Cl. The minimum absolute atomic E-state index is 0.0560. The number of carbonyl (C=O) groups is 1. The Hall–Kier alpha value is -1.27. The summed E-state index contributed by atoms with van der Waals surface area (Å²) in [6, 6.07) is 5.60. The fourth-order valence-electron chi connectivity index (χ4n) is 3.30. The number of amides is 1. The van der Waals surface area contributed by atoms with E-state index in [2.05, 4.69) is 0 Å². The standard InChI is InChI=1S/C18H24ClNO4S/c1-13-11-16(6-7-17(13)19)24-9-2-3-18(21)20(14-4-5-14)15-8-10-25(22,23)12-15/h6-7,11,14-15H,2-5,8-10,12H2,1H3/t15-/m1/s1. The molecule has 1 aromatic rings. The maximum Gasteiger partial charge on any atom is 0.223 e. The number of benzene rings is 1. The summed E-state index contributed by atoms with van der Waals surface area (Å²) in [5, 5.41) is 0.703. The van der Waals surface area contributed by atoms with E-state index in [9.17, 15) is 13.2 Å². The van der Waals surface area contributed by atoms with E-state index in [4.69, 9.17) is 16.3 Å². The molecule has 7 heteroatoms. The van der Waals surface area contributed by atoms with Crippen molar-refractivity contribution in [3.05, 3.63) is 28.8 Å². The predicted octanol–water partition coefficient (Wildman–Crippen LogP) is 2.99. The molecule has 3 rings (SSSR count). The molecule has 25 heavy (non-hydrogen) atoms. The third kappa shape index (κ3) is 4.88. The van der Waals surface area contributed by atoms with Crippen molar-refractivity contribution in [3.63, 3.8) is 0 Å². The number of rotatable bonds is 7. The summed E-state index contributed by atoms with van der Waals surface area (Å²) in [5.74, 6) is 1.12. The number of hydrogen-bond acceptors (Lipinski definition) is 4. The van der Waals surface area contributed by atoms with Crippen molar-refractivity contribution >= 4 is 27.3 Å². The molecular formula is C18H24ClNO4S. The van der Waals surface area contributed by atoms with Crippen molar-refractivity contribution in [1.82, 2.24) is 4.90 Å². The number of hydrogen-bond donors (Lipinski definition) is 0. The zero-order chi connectivity index (χ0) is 18.0. The molecule has 0 aromatic heterocycles. The molecule has 138 valence electrons. The molecule has 1 saturated heterocycles. The van der Waals surface area contributed by atoms with Crippen molar-refractivity contribution in [2.75, 3.05) is 18.1 Å². The second kappa shape index (κ2) is 7.54. The van der Waals surface area contributed by atoms with Gasteiger partial charge in [0, 0.05) is 23.5 Å². The zero-order valence-electron chi connectivity index (χ0n) is 14.4. The molecule has 1 amide bonds. The van der Waals surface area contributed by atoms with Gasteiger partial charge in [-0.05, 0) is 56.4 Å². The van der Waals surface area contributed by atoms with Crippen LogP contribution in [0.3, 0.4) is 0 Å². The lowest BCUT2D eigenvalue weighted by Gasteiger charge is -2.28. The van der Waals surface area contributed by atoms with Crippen molar-refractivity contribution in [2.24, 2.45) is 0 Å². The van der Waals surface area contributed by atoms with Crippen LogP contribution in [0.25, 0.3) is 0 Å². The topological polar surface area (TPSA) is 63.7 Å². The minimum Gasteiger partial charge on any atom is -0.494 e. The first-order valence-corrected chi connectivity index (χ1v) is 11.0. The van der Waals surface area contributed by atoms with Crippen LogP contribution >= 0.6 is 11.6 Å². The van der Waals surface area contributed by atoms with E-state index in [0.29, 0.717) is 30.9 Å². The van der Waals surface area contributed by atoms with E-state index < -0.39 is 9.84 Å². The highest BCUT2D eigenvalue weighted by Crippen LogP contribution is 2.33. The van der Waals surface area contributed by atoms with Crippen LogP contribution in [-0.2, 0) is 14.6 Å². The van der Waals surface area contributed by atoms with E-state index in [1.165, 1.54) is 0 Å². The summed E-state index contributed by atoms with van der Waals surface area (Å²) >= 11 is 5.99. The van der Waals surface area contributed by atoms with Gasteiger partial charge < -0.3 is 9.64 Å². The second-order valence-corrected chi connectivity index (χ2v) is 9.59. The molecule has 0 bridgehead atoms. The lowest BCUT2D eigenvalue weighted by Crippen LogP contribution is -2.42. The zero-order valence-corrected chi connectivity index (χ0v) is 16.0. The number of nitrogens with zero attached hydrogens (tertiary/aromatic N) is 1. The number of carbonyl (C=O) groups excluding carboxylic acids is 1. The maximum absolute atomic E-state index is 12.6. The van der Waals surface area contributed by atoms with E-state index in [1.807, 2.05) is 24.0 Å². The Kier molecular flexibility index (Phi) is 5.58. The normalized spacial score (nSPS) is 21.9. The third-order valence-corrected chi connectivity index (χ3v) is 6.94. The smallest absolute Gasteiger partial charge is 0.223 e. The van der Waals surface area contributed by atoms with E-state index in [0.717, 1.165) is 24.2 Å². The van der Waals surface area contributed by atoms with Crippen LogP contribution in [0, 0.1) is 6.92 Å². The first-order valence-electron chi connectivity index (χ1n) is 8.76. The van der Waals surface area contributed by atoms with Gasteiger partial charge in [0.15, 0.2) is 9.84 Å². The fraction of sp³-hybridized carbons (Fsp3) is 0.611. The van der Waals surface area contributed by atoms with Gasteiger partial charge in [-0.1, -0.05) is 11.6 Å².